The number of hydrogen-bond donors (Lipinski definition) is 1. The molecule has 0 amide bonds. The number of hydrogen-bond acceptors (Lipinski definition) is 4. The van der Waals surface area contributed by atoms with Crippen molar-refractivity contribution in [3.63, 3.8) is 0 Å². The number of guanidine groups is 1. The van der Waals surface area contributed by atoms with Crippen molar-refractivity contribution >= 4 is 5.96 Å². The van der Waals surface area contributed by atoms with E-state index in [0.717, 1.165) is 19.6 Å². The number of rotatable bonds is 4. The molecule has 2 rings (SSSR count). The minimum Gasteiger partial charge on any atom is -0.370 e. The number of nitrogens with two attached hydrogens (primary N) is 1. The number of aliphatic imine (C=N–C) groups is 1. The minimum absolute atomic E-state index is 0.297. The summed E-state index contributed by atoms with van der Waals surface area (Å²) in [6, 6.07) is 8.78. The monoisotopic (exact) mass is 246 g/mol. The third-order valence-electron chi connectivity index (χ3n) is 3.43. The first-order chi connectivity index (χ1) is 8.59. The van der Waals surface area contributed by atoms with Gasteiger partial charge in [-0.05, 0) is 32.1 Å². The Hall–Kier alpha value is -1.55. The van der Waals surface area contributed by atoms with Crippen LogP contribution in [0.15, 0.2) is 29.3 Å². The molecule has 98 valence electrons. The van der Waals surface area contributed by atoms with Crippen molar-refractivity contribution in [2.75, 3.05) is 33.7 Å². The highest BCUT2D eigenvalue weighted by atomic mass is 15.3. The lowest BCUT2D eigenvalue weighted by atomic mass is 10.0. The lowest BCUT2D eigenvalue weighted by molar-refractivity contribution is 0.292. The summed E-state index contributed by atoms with van der Waals surface area (Å²) < 4.78 is 0. The van der Waals surface area contributed by atoms with Gasteiger partial charge in [0.2, 0.25) is 0 Å². The number of benzene rings is 1. The standard InChI is InChI=1S/C14H22N4/c1-11-6-4-5-7-12(11)13-10-16-14(15)18(13)9-8-17(2)3/h4-7,13H,8-10H2,1-3H3,(H2,15,16). The maximum atomic E-state index is 6.00. The second-order valence-electron chi connectivity index (χ2n) is 5.07. The fourth-order valence-electron chi connectivity index (χ4n) is 2.33. The van der Waals surface area contributed by atoms with Crippen molar-refractivity contribution in [3.05, 3.63) is 35.4 Å². The third-order valence-corrected chi connectivity index (χ3v) is 3.43. The fourth-order valence-corrected chi connectivity index (χ4v) is 2.33. The van der Waals surface area contributed by atoms with Crippen molar-refractivity contribution in [2.45, 2.75) is 13.0 Å². The summed E-state index contributed by atoms with van der Waals surface area (Å²) in [5, 5.41) is 0. The van der Waals surface area contributed by atoms with E-state index in [0.29, 0.717) is 12.0 Å². The molecule has 1 heterocycles. The highest BCUT2D eigenvalue weighted by molar-refractivity contribution is 5.80. The minimum atomic E-state index is 0.297. The van der Waals surface area contributed by atoms with Crippen LogP contribution in [-0.2, 0) is 0 Å². The van der Waals surface area contributed by atoms with Crippen molar-refractivity contribution in [1.29, 1.82) is 0 Å². The number of likely N-dealkylation sites (N-methyl/N-ethyl adjacent to an activating group) is 1. The molecule has 0 bridgehead atoms. The third kappa shape index (κ3) is 2.64. The molecular formula is C14H22N4. The Kier molecular flexibility index (Phi) is 3.87. The van der Waals surface area contributed by atoms with Gasteiger partial charge in [-0.3, -0.25) is 4.99 Å². The van der Waals surface area contributed by atoms with Crippen LogP contribution in [0, 0.1) is 6.92 Å². The van der Waals surface area contributed by atoms with Crippen LogP contribution in [0.1, 0.15) is 17.2 Å². The molecule has 1 aliphatic rings. The van der Waals surface area contributed by atoms with Crippen molar-refractivity contribution in [3.8, 4) is 0 Å². The van der Waals surface area contributed by atoms with E-state index in [1.165, 1.54) is 11.1 Å². The predicted molar refractivity (Wildman–Crippen MR) is 75.7 cm³/mol. The lowest BCUT2D eigenvalue weighted by Gasteiger charge is -2.28. The van der Waals surface area contributed by atoms with Gasteiger partial charge in [-0.15, -0.1) is 0 Å². The van der Waals surface area contributed by atoms with E-state index in [-0.39, 0.29) is 0 Å². The van der Waals surface area contributed by atoms with E-state index in [9.17, 15) is 0 Å². The van der Waals surface area contributed by atoms with Gasteiger partial charge in [-0.1, -0.05) is 24.3 Å². The molecule has 0 saturated heterocycles. The lowest BCUT2D eigenvalue weighted by Crippen LogP contribution is -2.40. The van der Waals surface area contributed by atoms with Gasteiger partial charge in [0.25, 0.3) is 0 Å². The Morgan fingerprint density at radius 3 is 2.78 bits per heavy atom. The summed E-state index contributed by atoms with van der Waals surface area (Å²) >= 11 is 0. The van der Waals surface area contributed by atoms with Gasteiger partial charge in [0, 0.05) is 13.1 Å². The van der Waals surface area contributed by atoms with Crippen LogP contribution in [0.3, 0.4) is 0 Å². The van der Waals surface area contributed by atoms with E-state index >= 15 is 0 Å². The zero-order valence-electron chi connectivity index (χ0n) is 11.4. The summed E-state index contributed by atoms with van der Waals surface area (Å²) in [6.45, 7) is 4.82. The van der Waals surface area contributed by atoms with E-state index in [1.807, 2.05) is 0 Å². The van der Waals surface area contributed by atoms with Crippen LogP contribution in [0.2, 0.25) is 0 Å². The van der Waals surface area contributed by atoms with Gasteiger partial charge in [0.15, 0.2) is 5.96 Å². The molecule has 18 heavy (non-hydrogen) atoms. The first-order valence-corrected chi connectivity index (χ1v) is 6.36. The Morgan fingerprint density at radius 1 is 1.39 bits per heavy atom. The molecule has 0 aliphatic carbocycles. The van der Waals surface area contributed by atoms with Crippen LogP contribution in [-0.4, -0.2) is 49.5 Å². The Labute approximate surface area is 109 Å². The maximum Gasteiger partial charge on any atom is 0.191 e. The zero-order valence-corrected chi connectivity index (χ0v) is 11.4. The molecule has 4 heteroatoms. The van der Waals surface area contributed by atoms with E-state index in [1.54, 1.807) is 0 Å². The maximum absolute atomic E-state index is 6.00. The van der Waals surface area contributed by atoms with Gasteiger partial charge < -0.3 is 15.5 Å². The van der Waals surface area contributed by atoms with Gasteiger partial charge >= 0.3 is 0 Å². The smallest absolute Gasteiger partial charge is 0.191 e. The number of aryl methyl sites for hydroxylation is 1. The SMILES string of the molecule is Cc1ccccc1C1CN=C(N)N1CCN(C)C. The van der Waals surface area contributed by atoms with Gasteiger partial charge in [0.1, 0.15) is 0 Å². The Balaban J connectivity index is 2.15. The largest absolute Gasteiger partial charge is 0.370 e. The molecule has 1 aromatic carbocycles. The molecule has 0 aromatic heterocycles. The van der Waals surface area contributed by atoms with Gasteiger partial charge in [0.05, 0.1) is 12.6 Å². The normalized spacial score (nSPS) is 19.4. The first kappa shape index (κ1) is 12.9. The molecule has 1 aromatic rings. The molecule has 2 N–H and O–H groups in total. The van der Waals surface area contributed by atoms with Crippen LogP contribution in [0.4, 0.5) is 0 Å². The number of nitrogens with zero attached hydrogens (tertiary/aromatic N) is 3. The Bertz CT molecular complexity index is 439. The van der Waals surface area contributed by atoms with E-state index in [4.69, 9.17) is 5.73 Å². The van der Waals surface area contributed by atoms with Crippen molar-refractivity contribution in [1.82, 2.24) is 9.80 Å². The molecule has 1 aliphatic heterocycles. The summed E-state index contributed by atoms with van der Waals surface area (Å²) in [5.41, 5.74) is 8.64. The summed E-state index contributed by atoms with van der Waals surface area (Å²) in [5.74, 6) is 0.671. The fraction of sp³-hybridized carbons (Fsp3) is 0.500. The van der Waals surface area contributed by atoms with Crippen LogP contribution >= 0.6 is 0 Å². The van der Waals surface area contributed by atoms with Crippen LogP contribution < -0.4 is 5.73 Å². The van der Waals surface area contributed by atoms with Crippen molar-refractivity contribution < 1.29 is 0 Å². The molecule has 0 spiro atoms. The highest BCUT2D eigenvalue weighted by Gasteiger charge is 2.27. The van der Waals surface area contributed by atoms with Crippen molar-refractivity contribution in [2.24, 2.45) is 10.7 Å². The summed E-state index contributed by atoms with van der Waals surface area (Å²) in [6.07, 6.45) is 0. The van der Waals surface area contributed by atoms with Gasteiger partial charge in [-0.25, -0.2) is 0 Å². The molecule has 0 radical (unpaired) electrons. The van der Waals surface area contributed by atoms with E-state index in [2.05, 4.69) is 60.1 Å². The average molecular weight is 246 g/mol. The van der Waals surface area contributed by atoms with Crippen LogP contribution in [0.25, 0.3) is 0 Å². The first-order valence-electron chi connectivity index (χ1n) is 6.36. The van der Waals surface area contributed by atoms with E-state index < -0.39 is 0 Å². The average Bonchev–Trinajstić information content (AvgIpc) is 2.68. The molecule has 0 fully saturated rings. The highest BCUT2D eigenvalue weighted by Crippen LogP contribution is 2.27. The molecular weight excluding hydrogens is 224 g/mol. The summed E-state index contributed by atoms with van der Waals surface area (Å²) in [7, 11) is 4.15. The Morgan fingerprint density at radius 2 is 2.11 bits per heavy atom. The molecule has 4 nitrogen and oxygen atoms in total. The molecule has 0 saturated carbocycles. The summed E-state index contributed by atoms with van der Waals surface area (Å²) in [4.78, 5) is 8.77. The topological polar surface area (TPSA) is 44.9 Å². The molecule has 1 unspecified atom stereocenters. The quantitative estimate of drug-likeness (QED) is 0.869. The van der Waals surface area contributed by atoms with Crippen LogP contribution in [0.5, 0.6) is 0 Å². The molecule has 1 atom stereocenters. The second-order valence-corrected chi connectivity index (χ2v) is 5.07. The van der Waals surface area contributed by atoms with Gasteiger partial charge in [-0.2, -0.15) is 0 Å². The predicted octanol–water partition coefficient (Wildman–Crippen LogP) is 1.23. The zero-order chi connectivity index (χ0) is 13.1. The second kappa shape index (κ2) is 5.40.